The van der Waals surface area contributed by atoms with Gasteiger partial charge in [0, 0.05) is 26.2 Å². The summed E-state index contributed by atoms with van der Waals surface area (Å²) in [5.41, 5.74) is 2.67. The molecule has 2 aromatic carbocycles. The quantitative estimate of drug-likeness (QED) is 0.683. The highest BCUT2D eigenvalue weighted by Gasteiger charge is 2.12. The van der Waals surface area contributed by atoms with Gasteiger partial charge in [0.2, 0.25) is 0 Å². The summed E-state index contributed by atoms with van der Waals surface area (Å²) in [6.07, 6.45) is 3.32. The van der Waals surface area contributed by atoms with Crippen molar-refractivity contribution in [1.82, 2.24) is 9.80 Å². The smallest absolute Gasteiger partial charge is 0.119 e. The predicted molar refractivity (Wildman–Crippen MR) is 104 cm³/mol. The minimum atomic E-state index is 0.811. The van der Waals surface area contributed by atoms with Crippen molar-refractivity contribution in [2.45, 2.75) is 19.3 Å². The molecule has 1 aliphatic rings. The third kappa shape index (κ3) is 6.18. The summed E-state index contributed by atoms with van der Waals surface area (Å²) in [6.45, 7) is 6.83. The molecule has 0 atom stereocenters. The van der Waals surface area contributed by atoms with E-state index in [0.717, 1.165) is 25.2 Å². The number of unbranched alkanes of at least 4 members (excludes halogenated alkanes) is 1. The lowest BCUT2D eigenvalue weighted by Crippen LogP contribution is -2.44. The lowest BCUT2D eigenvalue weighted by molar-refractivity contribution is 0.150. The Morgan fingerprint density at radius 3 is 2.20 bits per heavy atom. The normalized spacial score (nSPS) is 16.0. The molecule has 1 heterocycles. The Bertz CT molecular complexity index is 604. The van der Waals surface area contributed by atoms with E-state index in [1.165, 1.54) is 50.3 Å². The lowest BCUT2D eigenvalue weighted by Gasteiger charge is -2.32. The van der Waals surface area contributed by atoms with Crippen LogP contribution in [-0.2, 0) is 6.42 Å². The first kappa shape index (κ1) is 18.0. The molecule has 1 fully saturated rings. The van der Waals surface area contributed by atoms with Crippen molar-refractivity contribution in [3.63, 3.8) is 0 Å². The molecule has 134 valence electrons. The molecule has 0 aromatic heterocycles. The predicted octanol–water partition coefficient (Wildman–Crippen LogP) is 3.68. The van der Waals surface area contributed by atoms with Gasteiger partial charge in [0.1, 0.15) is 5.75 Å². The third-order valence-electron chi connectivity index (χ3n) is 4.91. The lowest BCUT2D eigenvalue weighted by atomic mass is 10.1. The Hall–Kier alpha value is -1.84. The average Bonchev–Trinajstić information content (AvgIpc) is 2.65. The number of hydrogen-bond acceptors (Lipinski definition) is 3. The molecule has 3 nitrogen and oxygen atoms in total. The van der Waals surface area contributed by atoms with E-state index < -0.39 is 0 Å². The second kappa shape index (κ2) is 9.59. The Morgan fingerprint density at radius 1 is 0.800 bits per heavy atom. The molecule has 0 N–H and O–H groups in total. The molecule has 0 bridgehead atoms. The maximum atomic E-state index is 5.89. The summed E-state index contributed by atoms with van der Waals surface area (Å²) in [5.74, 6) is 0.983. The number of nitrogens with zero attached hydrogens (tertiary/aromatic N) is 2. The van der Waals surface area contributed by atoms with Crippen LogP contribution in [0.2, 0.25) is 0 Å². The van der Waals surface area contributed by atoms with Crippen molar-refractivity contribution in [2.75, 3.05) is 46.4 Å². The minimum absolute atomic E-state index is 0.811. The molecular weight excluding hydrogens is 308 g/mol. The first-order valence-corrected chi connectivity index (χ1v) is 9.46. The van der Waals surface area contributed by atoms with Crippen LogP contribution < -0.4 is 4.74 Å². The molecule has 0 radical (unpaired) electrons. The Balaban J connectivity index is 1.32. The number of likely N-dealkylation sites (N-methyl/N-ethyl adjacent to an activating group) is 1. The topological polar surface area (TPSA) is 15.7 Å². The molecule has 0 spiro atoms. The second-order valence-electron chi connectivity index (χ2n) is 7.01. The van der Waals surface area contributed by atoms with Crippen LogP contribution in [0.1, 0.15) is 24.0 Å². The maximum absolute atomic E-state index is 5.89. The molecule has 0 amide bonds. The summed E-state index contributed by atoms with van der Waals surface area (Å²) >= 11 is 0. The number of hydrogen-bond donors (Lipinski definition) is 0. The molecule has 2 aromatic rings. The first-order valence-electron chi connectivity index (χ1n) is 9.46. The van der Waals surface area contributed by atoms with Crippen molar-refractivity contribution in [1.29, 1.82) is 0 Å². The van der Waals surface area contributed by atoms with Gasteiger partial charge in [-0.15, -0.1) is 0 Å². The van der Waals surface area contributed by atoms with Crippen LogP contribution in [0.25, 0.3) is 0 Å². The van der Waals surface area contributed by atoms with Gasteiger partial charge in [-0.25, -0.2) is 0 Å². The Kier molecular flexibility index (Phi) is 6.89. The highest BCUT2D eigenvalue weighted by molar-refractivity contribution is 5.31. The fourth-order valence-corrected chi connectivity index (χ4v) is 3.23. The second-order valence-corrected chi connectivity index (χ2v) is 7.01. The molecule has 0 saturated carbocycles. The van der Waals surface area contributed by atoms with Gasteiger partial charge < -0.3 is 14.5 Å². The summed E-state index contributed by atoms with van der Waals surface area (Å²) < 4.78 is 5.89. The highest BCUT2D eigenvalue weighted by Crippen LogP contribution is 2.15. The van der Waals surface area contributed by atoms with E-state index in [-0.39, 0.29) is 0 Å². The van der Waals surface area contributed by atoms with E-state index in [1.54, 1.807) is 0 Å². The average molecular weight is 338 g/mol. The number of ether oxygens (including phenoxy) is 1. The van der Waals surface area contributed by atoms with Gasteiger partial charge in [-0.1, -0.05) is 42.5 Å². The van der Waals surface area contributed by atoms with Crippen LogP contribution in [0.4, 0.5) is 0 Å². The SMILES string of the molecule is CN1CCN(CCCCOc2ccc(Cc3ccccc3)cc2)CC1. The summed E-state index contributed by atoms with van der Waals surface area (Å²) in [7, 11) is 2.20. The molecular formula is C22H30N2O. The molecule has 3 heteroatoms. The molecule has 3 rings (SSSR count). The summed E-state index contributed by atoms with van der Waals surface area (Å²) in [6, 6.07) is 19.1. The third-order valence-corrected chi connectivity index (χ3v) is 4.91. The molecule has 1 aliphatic heterocycles. The zero-order valence-electron chi connectivity index (χ0n) is 15.4. The van der Waals surface area contributed by atoms with Crippen molar-refractivity contribution in [2.24, 2.45) is 0 Å². The molecule has 0 aliphatic carbocycles. The standard InChI is InChI=1S/C22H30N2O/c1-23-14-16-24(17-15-23)13-5-6-18-25-22-11-9-21(10-12-22)19-20-7-3-2-4-8-20/h2-4,7-12H,5-6,13-19H2,1H3. The minimum Gasteiger partial charge on any atom is -0.494 e. The van der Waals surface area contributed by atoms with Crippen LogP contribution in [0, 0.1) is 0 Å². The van der Waals surface area contributed by atoms with E-state index in [0.29, 0.717) is 0 Å². The van der Waals surface area contributed by atoms with Crippen molar-refractivity contribution in [3.8, 4) is 5.75 Å². The van der Waals surface area contributed by atoms with Crippen molar-refractivity contribution >= 4 is 0 Å². The maximum Gasteiger partial charge on any atom is 0.119 e. The van der Waals surface area contributed by atoms with Crippen LogP contribution >= 0.6 is 0 Å². The van der Waals surface area contributed by atoms with Gasteiger partial charge in [0.15, 0.2) is 0 Å². The van der Waals surface area contributed by atoms with Crippen LogP contribution in [0.3, 0.4) is 0 Å². The Morgan fingerprint density at radius 2 is 1.48 bits per heavy atom. The molecule has 25 heavy (non-hydrogen) atoms. The van der Waals surface area contributed by atoms with E-state index in [4.69, 9.17) is 4.74 Å². The first-order chi connectivity index (χ1) is 12.3. The zero-order chi connectivity index (χ0) is 17.3. The monoisotopic (exact) mass is 338 g/mol. The van der Waals surface area contributed by atoms with Crippen LogP contribution in [-0.4, -0.2) is 56.2 Å². The largest absolute Gasteiger partial charge is 0.494 e. The van der Waals surface area contributed by atoms with Gasteiger partial charge >= 0.3 is 0 Å². The highest BCUT2D eigenvalue weighted by atomic mass is 16.5. The fourth-order valence-electron chi connectivity index (χ4n) is 3.23. The van der Waals surface area contributed by atoms with Crippen LogP contribution in [0.5, 0.6) is 5.75 Å². The van der Waals surface area contributed by atoms with Gasteiger partial charge in [0.25, 0.3) is 0 Å². The molecule has 1 saturated heterocycles. The summed E-state index contributed by atoms with van der Waals surface area (Å²) in [5, 5.41) is 0. The van der Waals surface area contributed by atoms with E-state index in [1.807, 2.05) is 0 Å². The van der Waals surface area contributed by atoms with E-state index in [2.05, 4.69) is 71.4 Å². The Labute approximate surface area is 152 Å². The fraction of sp³-hybridized carbons (Fsp3) is 0.455. The number of rotatable bonds is 8. The van der Waals surface area contributed by atoms with E-state index in [9.17, 15) is 0 Å². The molecule has 0 unspecified atom stereocenters. The van der Waals surface area contributed by atoms with Gasteiger partial charge in [-0.2, -0.15) is 0 Å². The number of piperazine rings is 1. The number of benzene rings is 2. The van der Waals surface area contributed by atoms with Gasteiger partial charge in [0.05, 0.1) is 6.61 Å². The zero-order valence-corrected chi connectivity index (χ0v) is 15.4. The van der Waals surface area contributed by atoms with Crippen molar-refractivity contribution < 1.29 is 4.74 Å². The van der Waals surface area contributed by atoms with Crippen molar-refractivity contribution in [3.05, 3.63) is 65.7 Å². The van der Waals surface area contributed by atoms with Gasteiger partial charge in [-0.3, -0.25) is 0 Å². The van der Waals surface area contributed by atoms with E-state index >= 15 is 0 Å². The summed E-state index contributed by atoms with van der Waals surface area (Å²) in [4.78, 5) is 4.97. The van der Waals surface area contributed by atoms with Crippen LogP contribution in [0.15, 0.2) is 54.6 Å². The van der Waals surface area contributed by atoms with Gasteiger partial charge in [-0.05, 0) is 56.1 Å².